The van der Waals surface area contributed by atoms with E-state index in [1.165, 1.54) is 13.0 Å². The van der Waals surface area contributed by atoms with Gasteiger partial charge in [0, 0.05) is 6.42 Å². The highest BCUT2D eigenvalue weighted by Gasteiger charge is 2.48. The second kappa shape index (κ2) is 11.8. The monoisotopic (exact) mass is 576 g/mol. The molecule has 38 heavy (non-hydrogen) atoms. The second-order valence-corrected chi connectivity index (χ2v) is 10.3. The van der Waals surface area contributed by atoms with Crippen molar-refractivity contribution in [2.75, 3.05) is 13.2 Å². The maximum absolute atomic E-state index is 10.6. The van der Waals surface area contributed by atoms with Gasteiger partial charge in [-0.1, -0.05) is 35.3 Å². The van der Waals surface area contributed by atoms with Crippen molar-refractivity contribution in [3.63, 3.8) is 0 Å². The van der Waals surface area contributed by atoms with Gasteiger partial charge in [-0.15, -0.1) is 0 Å². The van der Waals surface area contributed by atoms with Crippen molar-refractivity contribution >= 4 is 23.2 Å². The van der Waals surface area contributed by atoms with E-state index in [4.69, 9.17) is 42.1 Å². The summed E-state index contributed by atoms with van der Waals surface area (Å²) < 4.78 is 22.3. The van der Waals surface area contributed by atoms with E-state index in [1.807, 2.05) is 0 Å². The van der Waals surface area contributed by atoms with Crippen molar-refractivity contribution in [3.05, 3.63) is 46.4 Å². The van der Waals surface area contributed by atoms with E-state index in [2.05, 4.69) is 0 Å². The van der Waals surface area contributed by atoms with Gasteiger partial charge < -0.3 is 54.7 Å². The van der Waals surface area contributed by atoms with Crippen LogP contribution >= 0.6 is 23.2 Å². The zero-order valence-electron chi connectivity index (χ0n) is 20.2. The van der Waals surface area contributed by atoms with Crippen molar-refractivity contribution < 1.29 is 54.7 Å². The van der Waals surface area contributed by atoms with E-state index in [1.54, 1.807) is 30.3 Å². The van der Waals surface area contributed by atoms with Gasteiger partial charge in [0.05, 0.1) is 35.5 Å². The molecule has 2 fully saturated rings. The minimum atomic E-state index is -1.74. The Labute approximate surface area is 228 Å². The first-order valence-electron chi connectivity index (χ1n) is 11.9. The number of hydrogen-bond donors (Lipinski definition) is 7. The number of aliphatic hydroxyl groups is 7. The molecule has 0 aliphatic carbocycles. The van der Waals surface area contributed by atoms with Gasteiger partial charge in [-0.3, -0.25) is 0 Å². The fourth-order valence-corrected chi connectivity index (χ4v) is 4.68. The summed E-state index contributed by atoms with van der Waals surface area (Å²) in [4.78, 5) is 0. The van der Waals surface area contributed by atoms with E-state index in [0.29, 0.717) is 11.1 Å². The highest BCUT2D eigenvalue weighted by atomic mass is 35.5. The Hall–Kier alpha value is -1.74. The van der Waals surface area contributed by atoms with E-state index in [0.717, 1.165) is 0 Å². The van der Waals surface area contributed by atoms with Crippen LogP contribution in [0.1, 0.15) is 13.3 Å². The molecule has 5 unspecified atom stereocenters. The first kappa shape index (κ1) is 29.2. The van der Waals surface area contributed by atoms with Crippen LogP contribution < -0.4 is 9.47 Å². The first-order chi connectivity index (χ1) is 18.0. The molecule has 2 aliphatic rings. The Morgan fingerprint density at radius 2 is 1.42 bits per heavy atom. The van der Waals surface area contributed by atoms with E-state index in [-0.39, 0.29) is 34.6 Å². The summed E-state index contributed by atoms with van der Waals surface area (Å²) in [5.74, 6) is 0.305. The van der Waals surface area contributed by atoms with Crippen molar-refractivity contribution in [2.24, 2.45) is 0 Å². The average Bonchev–Trinajstić information content (AvgIpc) is 2.89. The molecule has 210 valence electrons. The van der Waals surface area contributed by atoms with Crippen LogP contribution in [0.5, 0.6) is 11.5 Å². The van der Waals surface area contributed by atoms with Crippen LogP contribution in [-0.4, -0.2) is 104 Å². The molecule has 0 amide bonds. The molecular weight excluding hydrogens is 547 g/mol. The molecule has 0 aromatic heterocycles. The van der Waals surface area contributed by atoms with Crippen LogP contribution in [0.15, 0.2) is 36.4 Å². The lowest BCUT2D eigenvalue weighted by Crippen LogP contribution is -2.60. The molecule has 2 aromatic carbocycles. The summed E-state index contributed by atoms with van der Waals surface area (Å²) >= 11 is 12.8. The van der Waals surface area contributed by atoms with Crippen LogP contribution in [-0.2, 0) is 9.47 Å². The SMILES string of the molecule is C[C@]1(O)C(O)CC(CO)O[C@@H]1Oc1ccc(-c2ccc(O[C@H]3OC(CO)[C@@H](O)C(O)C3O)c(Cl)c2)cc1Cl. The van der Waals surface area contributed by atoms with Gasteiger partial charge >= 0.3 is 0 Å². The molecule has 7 N–H and O–H groups in total. The molecule has 0 bridgehead atoms. The van der Waals surface area contributed by atoms with Gasteiger partial charge in [0.2, 0.25) is 12.6 Å². The molecule has 2 aliphatic heterocycles. The second-order valence-electron chi connectivity index (χ2n) is 9.47. The molecule has 13 heteroatoms. The summed E-state index contributed by atoms with van der Waals surface area (Å²) in [5.41, 5.74) is -0.452. The Balaban J connectivity index is 1.49. The van der Waals surface area contributed by atoms with Gasteiger partial charge in [-0.05, 0) is 42.3 Å². The fraction of sp³-hybridized carbons (Fsp3) is 0.520. The quantitative estimate of drug-likeness (QED) is 0.243. The van der Waals surface area contributed by atoms with E-state index in [9.17, 15) is 35.7 Å². The normalized spacial score (nSPS) is 35.6. The standard InChI is InChI=1S/C25H30Cl2O11/c1-25(34)19(30)8-13(9-28)35-24(25)38-17-5-3-12(7-15(17)27)11-2-4-16(14(26)6-11)36-23-22(33)21(32)20(31)18(10-29)37-23/h2-7,13,18-24,28-34H,8-10H2,1H3/t13?,18?,19?,20-,21?,22?,23+,24-,25+/m1/s1. The molecule has 0 radical (unpaired) electrons. The highest BCUT2D eigenvalue weighted by molar-refractivity contribution is 6.33. The molecule has 2 aromatic rings. The molecule has 2 heterocycles. The van der Waals surface area contributed by atoms with Gasteiger partial charge in [0.15, 0.2) is 0 Å². The Bertz CT molecular complexity index is 1110. The third kappa shape index (κ3) is 5.88. The van der Waals surface area contributed by atoms with Crippen molar-refractivity contribution in [2.45, 2.75) is 68.1 Å². The summed E-state index contributed by atoms with van der Waals surface area (Å²) in [5, 5.41) is 70.0. The first-order valence-corrected chi connectivity index (χ1v) is 12.6. The molecule has 0 spiro atoms. The third-order valence-corrected chi connectivity index (χ3v) is 7.27. The van der Waals surface area contributed by atoms with Crippen LogP contribution in [0, 0.1) is 0 Å². The number of hydrogen-bond acceptors (Lipinski definition) is 11. The number of aliphatic hydroxyl groups excluding tert-OH is 6. The number of halogens is 2. The predicted molar refractivity (Wildman–Crippen MR) is 134 cm³/mol. The van der Waals surface area contributed by atoms with Gasteiger partial charge in [-0.25, -0.2) is 0 Å². The van der Waals surface area contributed by atoms with Gasteiger partial charge in [-0.2, -0.15) is 0 Å². The maximum Gasteiger partial charge on any atom is 0.231 e. The van der Waals surface area contributed by atoms with Crippen LogP contribution in [0.2, 0.25) is 10.0 Å². The lowest BCUT2D eigenvalue weighted by Gasteiger charge is -2.43. The molecule has 9 atom stereocenters. The molecule has 11 nitrogen and oxygen atoms in total. The Kier molecular flexibility index (Phi) is 9.07. The molecule has 2 saturated heterocycles. The number of rotatable bonds is 7. The molecule has 4 rings (SSSR count). The van der Waals surface area contributed by atoms with Crippen LogP contribution in [0.25, 0.3) is 11.1 Å². The zero-order chi connectivity index (χ0) is 27.8. The molecular formula is C25H30Cl2O11. The smallest absolute Gasteiger partial charge is 0.231 e. The topological polar surface area (TPSA) is 179 Å². The van der Waals surface area contributed by atoms with Crippen LogP contribution in [0.3, 0.4) is 0 Å². The zero-order valence-corrected chi connectivity index (χ0v) is 21.7. The Morgan fingerprint density at radius 1 is 0.842 bits per heavy atom. The van der Waals surface area contributed by atoms with E-state index >= 15 is 0 Å². The summed E-state index contributed by atoms with van der Waals surface area (Å²) in [6, 6.07) is 9.58. The summed E-state index contributed by atoms with van der Waals surface area (Å²) in [6.45, 7) is 0.426. The lowest BCUT2D eigenvalue weighted by molar-refractivity contribution is -0.283. The minimum absolute atomic E-state index is 0.0485. The maximum atomic E-state index is 10.6. The highest BCUT2D eigenvalue weighted by Crippen LogP contribution is 2.38. The summed E-state index contributed by atoms with van der Waals surface area (Å²) in [6.07, 6.45) is -10.3. The van der Waals surface area contributed by atoms with Crippen molar-refractivity contribution in [3.8, 4) is 22.6 Å². The van der Waals surface area contributed by atoms with Gasteiger partial charge in [0.1, 0.15) is 41.5 Å². The van der Waals surface area contributed by atoms with Gasteiger partial charge in [0.25, 0.3) is 0 Å². The van der Waals surface area contributed by atoms with Crippen molar-refractivity contribution in [1.29, 1.82) is 0 Å². The number of benzene rings is 2. The largest absolute Gasteiger partial charge is 0.460 e. The third-order valence-electron chi connectivity index (χ3n) is 6.68. The predicted octanol–water partition coefficient (Wildman–Crippen LogP) is 0.437. The van der Waals surface area contributed by atoms with Crippen molar-refractivity contribution in [1.82, 2.24) is 0 Å². The van der Waals surface area contributed by atoms with Crippen LogP contribution in [0.4, 0.5) is 0 Å². The lowest BCUT2D eigenvalue weighted by atomic mass is 9.90. The Morgan fingerprint density at radius 3 is 1.95 bits per heavy atom. The summed E-state index contributed by atoms with van der Waals surface area (Å²) in [7, 11) is 0. The van der Waals surface area contributed by atoms with E-state index < -0.39 is 61.4 Å². The minimum Gasteiger partial charge on any atom is -0.460 e. The average molecular weight is 577 g/mol. The number of ether oxygens (including phenoxy) is 4. The fourth-order valence-electron chi connectivity index (χ4n) is 4.23. The molecule has 0 saturated carbocycles.